The minimum absolute atomic E-state index is 0.0130. The zero-order chi connectivity index (χ0) is 9.14. The summed E-state index contributed by atoms with van der Waals surface area (Å²) in [6, 6.07) is 4.09. The minimum Gasteiger partial charge on any atom is -0.508 e. The summed E-state index contributed by atoms with van der Waals surface area (Å²) in [5.74, 6) is -0.108. The molecule has 4 nitrogen and oxygen atoms in total. The zero-order valence-corrected chi connectivity index (χ0v) is 6.93. The van der Waals surface area contributed by atoms with Crippen LogP contribution < -0.4 is 11.1 Å². The fourth-order valence-electron chi connectivity index (χ4n) is 0.758. The Bertz CT molecular complexity index is 314. The topological polar surface area (TPSA) is 78.5 Å². The first-order chi connectivity index (χ1) is 5.59. The number of thiocarbonyl (C=S) groups is 1. The van der Waals surface area contributed by atoms with Crippen molar-refractivity contribution in [3.8, 4) is 11.5 Å². The molecule has 12 heavy (non-hydrogen) atoms. The lowest BCUT2D eigenvalue weighted by atomic mass is 10.3. The number of nitrogens with one attached hydrogen (secondary N) is 1. The highest BCUT2D eigenvalue weighted by atomic mass is 32.1. The van der Waals surface area contributed by atoms with E-state index in [0.717, 1.165) is 0 Å². The molecule has 64 valence electrons. The molecule has 0 atom stereocenters. The number of rotatable bonds is 1. The van der Waals surface area contributed by atoms with Crippen LogP contribution in [0.3, 0.4) is 0 Å². The number of phenols is 2. The van der Waals surface area contributed by atoms with Crippen molar-refractivity contribution in [2.24, 2.45) is 5.73 Å². The van der Waals surface area contributed by atoms with Crippen LogP contribution in [0.15, 0.2) is 18.2 Å². The highest BCUT2D eigenvalue weighted by Crippen LogP contribution is 2.26. The molecule has 1 aromatic rings. The molecule has 5 heteroatoms. The van der Waals surface area contributed by atoms with E-state index in [0.29, 0.717) is 5.69 Å². The quantitative estimate of drug-likeness (QED) is 0.294. The Balaban J connectivity index is 2.93. The van der Waals surface area contributed by atoms with Gasteiger partial charge in [-0.05, 0) is 24.4 Å². The number of phenolic OH excluding ortho intramolecular Hbond substituents is 2. The molecule has 0 bridgehead atoms. The molecule has 0 aromatic heterocycles. The van der Waals surface area contributed by atoms with Gasteiger partial charge in [0.2, 0.25) is 0 Å². The predicted octanol–water partition coefficient (Wildman–Crippen LogP) is 0.753. The third-order valence-electron chi connectivity index (χ3n) is 1.24. The van der Waals surface area contributed by atoms with Crippen LogP contribution in [0.4, 0.5) is 5.69 Å². The molecule has 0 spiro atoms. The zero-order valence-electron chi connectivity index (χ0n) is 6.11. The summed E-state index contributed by atoms with van der Waals surface area (Å²) in [7, 11) is 0. The molecule has 0 aliphatic carbocycles. The molecule has 0 saturated carbocycles. The van der Waals surface area contributed by atoms with Gasteiger partial charge in [-0.2, -0.15) is 0 Å². The fraction of sp³-hybridized carbons (Fsp3) is 0. The van der Waals surface area contributed by atoms with Crippen molar-refractivity contribution >= 4 is 23.0 Å². The first-order valence-electron chi connectivity index (χ1n) is 3.18. The Kier molecular flexibility index (Phi) is 2.35. The van der Waals surface area contributed by atoms with Gasteiger partial charge < -0.3 is 21.3 Å². The maximum atomic E-state index is 9.20. The molecule has 0 amide bonds. The van der Waals surface area contributed by atoms with E-state index in [1.165, 1.54) is 18.2 Å². The number of hydrogen-bond acceptors (Lipinski definition) is 3. The lowest BCUT2D eigenvalue weighted by Gasteiger charge is -2.05. The molecule has 0 radical (unpaired) electrons. The van der Waals surface area contributed by atoms with Crippen LogP contribution in [-0.2, 0) is 0 Å². The van der Waals surface area contributed by atoms with Gasteiger partial charge in [-0.15, -0.1) is 0 Å². The van der Waals surface area contributed by atoms with E-state index < -0.39 is 0 Å². The van der Waals surface area contributed by atoms with Crippen LogP contribution in [0, 0.1) is 0 Å². The summed E-state index contributed by atoms with van der Waals surface area (Å²) in [5.41, 5.74) is 5.55. The number of hydrogen-bond donors (Lipinski definition) is 4. The molecule has 1 aromatic carbocycles. The first-order valence-corrected chi connectivity index (χ1v) is 3.59. The average molecular weight is 184 g/mol. The van der Waals surface area contributed by atoms with E-state index in [1.54, 1.807) is 0 Å². The van der Waals surface area contributed by atoms with Gasteiger partial charge in [0.25, 0.3) is 0 Å². The van der Waals surface area contributed by atoms with Crippen molar-refractivity contribution in [1.29, 1.82) is 0 Å². The molecule has 0 aliphatic heterocycles. The second-order valence-electron chi connectivity index (χ2n) is 2.19. The van der Waals surface area contributed by atoms with Crippen LogP contribution >= 0.6 is 12.2 Å². The molecule has 0 unspecified atom stereocenters. The summed E-state index contributed by atoms with van der Waals surface area (Å²) >= 11 is 4.56. The molecule has 0 fully saturated rings. The SMILES string of the molecule is NC(=S)Nc1ccc(O)cc1O. The van der Waals surface area contributed by atoms with E-state index in [4.69, 9.17) is 10.8 Å². The normalized spacial score (nSPS) is 9.33. The van der Waals surface area contributed by atoms with Crippen molar-refractivity contribution in [1.82, 2.24) is 0 Å². The summed E-state index contributed by atoms with van der Waals surface area (Å²) in [6.07, 6.45) is 0. The molecule has 5 N–H and O–H groups in total. The predicted molar refractivity (Wildman–Crippen MR) is 50.2 cm³/mol. The van der Waals surface area contributed by atoms with E-state index in [-0.39, 0.29) is 16.6 Å². The maximum absolute atomic E-state index is 9.20. The van der Waals surface area contributed by atoms with Crippen LogP contribution in [0.2, 0.25) is 0 Å². The molecule has 0 heterocycles. The Hall–Kier alpha value is -1.49. The summed E-state index contributed by atoms with van der Waals surface area (Å²) in [4.78, 5) is 0. The Labute approximate surface area is 74.6 Å². The van der Waals surface area contributed by atoms with Crippen molar-refractivity contribution in [2.45, 2.75) is 0 Å². The van der Waals surface area contributed by atoms with Gasteiger partial charge in [0.05, 0.1) is 5.69 Å². The first kappa shape index (κ1) is 8.61. The maximum Gasteiger partial charge on any atom is 0.168 e. The average Bonchev–Trinajstić information content (AvgIpc) is 1.94. The van der Waals surface area contributed by atoms with Gasteiger partial charge >= 0.3 is 0 Å². The smallest absolute Gasteiger partial charge is 0.168 e. The summed E-state index contributed by atoms with van der Waals surface area (Å²) in [5, 5.41) is 20.7. The molecular weight excluding hydrogens is 176 g/mol. The van der Waals surface area contributed by atoms with Crippen molar-refractivity contribution < 1.29 is 10.2 Å². The number of nitrogens with two attached hydrogens (primary N) is 1. The van der Waals surface area contributed by atoms with E-state index in [2.05, 4.69) is 17.5 Å². The molecule has 0 saturated heterocycles. The third kappa shape index (κ3) is 2.00. The Morgan fingerprint density at radius 2 is 2.08 bits per heavy atom. The van der Waals surface area contributed by atoms with Crippen LogP contribution in [0.25, 0.3) is 0 Å². The third-order valence-corrected chi connectivity index (χ3v) is 1.34. The second-order valence-corrected chi connectivity index (χ2v) is 2.63. The highest BCUT2D eigenvalue weighted by Gasteiger charge is 2.01. The van der Waals surface area contributed by atoms with Crippen LogP contribution in [0.1, 0.15) is 0 Å². The van der Waals surface area contributed by atoms with Gasteiger partial charge in [-0.1, -0.05) is 0 Å². The van der Waals surface area contributed by atoms with Gasteiger partial charge in [0.1, 0.15) is 11.5 Å². The van der Waals surface area contributed by atoms with Gasteiger partial charge in [-0.25, -0.2) is 0 Å². The van der Waals surface area contributed by atoms with Crippen molar-refractivity contribution in [2.75, 3.05) is 5.32 Å². The van der Waals surface area contributed by atoms with Crippen molar-refractivity contribution in [3.05, 3.63) is 18.2 Å². The number of aromatic hydroxyl groups is 2. The molecular formula is C7H8N2O2S. The fourth-order valence-corrected chi connectivity index (χ4v) is 0.868. The molecule has 1 rings (SSSR count). The Morgan fingerprint density at radius 3 is 2.58 bits per heavy atom. The Morgan fingerprint density at radius 1 is 1.42 bits per heavy atom. The number of benzene rings is 1. The molecule has 0 aliphatic rings. The van der Waals surface area contributed by atoms with E-state index in [9.17, 15) is 5.11 Å². The minimum atomic E-state index is -0.0946. The van der Waals surface area contributed by atoms with Crippen molar-refractivity contribution in [3.63, 3.8) is 0 Å². The van der Waals surface area contributed by atoms with Gasteiger partial charge in [0, 0.05) is 6.07 Å². The largest absolute Gasteiger partial charge is 0.508 e. The van der Waals surface area contributed by atoms with Crippen LogP contribution in [0.5, 0.6) is 11.5 Å². The van der Waals surface area contributed by atoms with Gasteiger partial charge in [0.15, 0.2) is 5.11 Å². The van der Waals surface area contributed by atoms with Gasteiger partial charge in [-0.3, -0.25) is 0 Å². The summed E-state index contributed by atoms with van der Waals surface area (Å²) in [6.45, 7) is 0. The van der Waals surface area contributed by atoms with E-state index in [1.807, 2.05) is 0 Å². The van der Waals surface area contributed by atoms with Crippen LogP contribution in [-0.4, -0.2) is 15.3 Å². The summed E-state index contributed by atoms with van der Waals surface area (Å²) < 4.78 is 0. The monoisotopic (exact) mass is 184 g/mol. The standard InChI is InChI=1S/C7H8N2O2S/c8-7(12)9-5-2-1-4(10)3-6(5)11/h1-3,10-11H,(H3,8,9,12). The van der Waals surface area contributed by atoms with E-state index >= 15 is 0 Å². The lowest BCUT2D eigenvalue weighted by molar-refractivity contribution is 0.452. The number of anilines is 1. The highest BCUT2D eigenvalue weighted by molar-refractivity contribution is 7.80. The lowest BCUT2D eigenvalue weighted by Crippen LogP contribution is -2.18. The second kappa shape index (κ2) is 3.27.